The number of likely N-dealkylation sites (tertiary alicyclic amines) is 1. The first-order valence-electron chi connectivity index (χ1n) is 24.7. The van der Waals surface area contributed by atoms with Gasteiger partial charge >= 0.3 is 0 Å². The van der Waals surface area contributed by atoms with E-state index in [-0.39, 0.29) is 62.7 Å². The highest BCUT2D eigenvalue weighted by Crippen LogP contribution is 2.26. The molecule has 2 aliphatic rings. The molecule has 0 radical (unpaired) electrons. The van der Waals surface area contributed by atoms with E-state index in [2.05, 4.69) is 42.2 Å². The summed E-state index contributed by atoms with van der Waals surface area (Å²) < 4.78 is 5.56. The monoisotopic (exact) mass is 1110 g/mol. The smallest absolute Gasteiger partial charge is 0.246 e. The number of nitrogens with one attached hydrogen (secondary N) is 7. The van der Waals surface area contributed by atoms with E-state index in [0.29, 0.717) is 29.9 Å². The van der Waals surface area contributed by atoms with Gasteiger partial charge < -0.3 is 81.3 Å². The van der Waals surface area contributed by atoms with Crippen LogP contribution >= 0.6 is 21.6 Å². The summed E-state index contributed by atoms with van der Waals surface area (Å²) in [5.74, 6) is -9.71. The lowest BCUT2D eigenvalue weighted by molar-refractivity contribution is -0.142. The van der Waals surface area contributed by atoms with Gasteiger partial charge in [0.15, 0.2) is 5.96 Å². The van der Waals surface area contributed by atoms with Crippen LogP contribution < -0.4 is 76.4 Å². The zero-order valence-electron chi connectivity index (χ0n) is 42.5. The number of amides is 11. The molecule has 11 amide bonds. The maximum atomic E-state index is 14.6. The van der Waals surface area contributed by atoms with Gasteiger partial charge in [-0.25, -0.2) is 0 Å². The van der Waals surface area contributed by atoms with Gasteiger partial charge in [-0.1, -0.05) is 64.1 Å². The quantitative estimate of drug-likeness (QED) is 0.0242. The fourth-order valence-corrected chi connectivity index (χ4v) is 10.3. The normalized spacial score (nSPS) is 22.3. The molecule has 8 atom stereocenters. The zero-order chi connectivity index (χ0) is 56.6. The minimum Gasteiger partial charge on any atom is -0.494 e. The highest BCUT2D eigenvalue weighted by Gasteiger charge is 2.40. The van der Waals surface area contributed by atoms with Crippen molar-refractivity contribution in [2.45, 2.75) is 113 Å². The molecule has 0 bridgehead atoms. The van der Waals surface area contributed by atoms with Gasteiger partial charge in [-0.05, 0) is 62.3 Å². The predicted molar refractivity (Wildman–Crippen MR) is 285 cm³/mol. The number of rotatable bonds is 21. The van der Waals surface area contributed by atoms with E-state index in [4.69, 9.17) is 39.1 Å². The molecule has 4 rings (SSSR count). The Labute approximate surface area is 452 Å². The second kappa shape index (κ2) is 31.4. The highest BCUT2D eigenvalue weighted by atomic mass is 33.1. The van der Waals surface area contributed by atoms with Crippen LogP contribution in [0.5, 0.6) is 5.75 Å². The molecule has 0 spiro atoms. The van der Waals surface area contributed by atoms with E-state index in [9.17, 15) is 52.7 Å². The first-order chi connectivity index (χ1) is 36.6. The molecule has 0 aliphatic carbocycles. The number of carbonyl (C=O) groups excluding carboxylic acids is 11. The summed E-state index contributed by atoms with van der Waals surface area (Å²) in [7, 11) is 2.03. The first kappa shape index (κ1) is 61.9. The summed E-state index contributed by atoms with van der Waals surface area (Å²) in [4.78, 5) is 154. The summed E-state index contributed by atoms with van der Waals surface area (Å²) >= 11 is 0. The SMILES string of the molecule is CCOc1ccc(CC2NC(=O)[C@H](N)CSSCC(C(=O)N3CCC[C@H]3C(=O)N[C@@H](CCCN=C(N)N)C(=O)NCC(N)=O)NC(=O)[C@H](CC(N)=O)NC(=O)[C@H](CCC(N)=O)NC(=O)C(Cc3ccccc3)NC2=O)cc1. The number of hydrogen-bond donors (Lipinski definition) is 13. The number of ether oxygens (including phenoxy) is 1. The van der Waals surface area contributed by atoms with Gasteiger partial charge in [0.1, 0.15) is 48.0 Å². The fraction of sp³-hybridized carbons (Fsp3) is 0.500. The third-order valence-electron chi connectivity index (χ3n) is 11.9. The van der Waals surface area contributed by atoms with Crippen LogP contribution in [0.15, 0.2) is 59.6 Å². The van der Waals surface area contributed by atoms with Crippen LogP contribution in [0, 0.1) is 0 Å². The summed E-state index contributed by atoms with van der Waals surface area (Å²) in [6.07, 6.45) is -1.26. The van der Waals surface area contributed by atoms with Gasteiger partial charge in [0, 0.05) is 43.9 Å². The van der Waals surface area contributed by atoms with Crippen molar-refractivity contribution in [2.75, 3.05) is 37.7 Å². The number of primary amides is 3. The first-order valence-corrected chi connectivity index (χ1v) is 27.2. The number of nitrogens with two attached hydrogens (primary N) is 6. The lowest BCUT2D eigenvalue weighted by Gasteiger charge is -2.31. The lowest BCUT2D eigenvalue weighted by Crippen LogP contribution is -2.61. The van der Waals surface area contributed by atoms with Crippen molar-refractivity contribution < 1.29 is 57.5 Å². The van der Waals surface area contributed by atoms with E-state index >= 15 is 0 Å². The minimum atomic E-state index is -1.79. The molecule has 2 saturated heterocycles. The van der Waals surface area contributed by atoms with Crippen molar-refractivity contribution in [3.05, 3.63) is 65.7 Å². The third-order valence-corrected chi connectivity index (χ3v) is 14.4. The largest absolute Gasteiger partial charge is 0.494 e. The summed E-state index contributed by atoms with van der Waals surface area (Å²) in [5, 5.41) is 17.9. The zero-order valence-corrected chi connectivity index (χ0v) is 44.1. The summed E-state index contributed by atoms with van der Waals surface area (Å²) in [5.41, 5.74) is 34.6. The number of benzene rings is 2. The molecule has 0 aromatic heterocycles. The molecule has 2 fully saturated rings. The Bertz CT molecular complexity index is 2450. The van der Waals surface area contributed by atoms with Crippen LogP contribution in [0.1, 0.15) is 63.0 Å². The number of guanidine groups is 1. The van der Waals surface area contributed by atoms with Crippen LogP contribution in [0.3, 0.4) is 0 Å². The molecule has 2 aliphatic heterocycles. The summed E-state index contributed by atoms with van der Waals surface area (Å²) in [6.45, 7) is 1.79. The fourth-order valence-electron chi connectivity index (χ4n) is 8.06. The standard InChI is InChI=1S/C48H69N15O12S2/c1-2-75-28-14-12-27(13-15-28)21-32-44(71)60-33(20-26-8-4-3-5-9-26)43(70)57-31(16-17-37(50)64)42(69)61-34(22-38(51)65)45(72)62-35(25-77-76-24-29(49)40(67)59-32)47(74)63-19-7-11-36(63)46(73)58-30(10-6-18-55-48(53)54)41(68)56-23-39(52)66/h3-5,8-9,12-15,29-36H,2,6-7,10-11,16-25,49H2,1H3,(H2,50,64)(H2,51,65)(H2,52,66)(H,56,68)(H,57,70)(H,58,73)(H,59,67)(H,60,71)(H,61,69)(H,62,72)(H4,53,54,55)/t29-,30+,31+,32?,33?,34+,35?,36+/m1/s1. The maximum absolute atomic E-state index is 14.6. The van der Waals surface area contributed by atoms with Gasteiger partial charge in [-0.15, -0.1) is 0 Å². The molecular weight excluding hydrogens is 1040 g/mol. The van der Waals surface area contributed by atoms with Crippen LogP contribution in [-0.4, -0.2) is 162 Å². The molecule has 0 saturated carbocycles. The Morgan fingerprint density at radius 1 is 0.727 bits per heavy atom. The number of hydrogen-bond acceptors (Lipinski definition) is 16. The Hall–Kier alpha value is -7.66. The van der Waals surface area contributed by atoms with E-state index in [1.165, 1.54) is 4.90 Å². The Kier molecular flexibility index (Phi) is 25.2. The molecule has 29 heteroatoms. The molecule has 420 valence electrons. The van der Waals surface area contributed by atoms with Crippen molar-refractivity contribution in [3.63, 3.8) is 0 Å². The Morgan fingerprint density at radius 3 is 1.92 bits per heavy atom. The van der Waals surface area contributed by atoms with Crippen LogP contribution in [0.2, 0.25) is 0 Å². The van der Waals surface area contributed by atoms with E-state index in [0.717, 1.165) is 21.6 Å². The molecule has 2 aromatic rings. The van der Waals surface area contributed by atoms with Gasteiger partial charge in [0.2, 0.25) is 65.0 Å². The van der Waals surface area contributed by atoms with Gasteiger partial charge in [0.05, 0.1) is 25.6 Å². The molecule has 19 N–H and O–H groups in total. The third kappa shape index (κ3) is 21.1. The minimum absolute atomic E-state index is 0.00535. The Balaban J connectivity index is 1.72. The second-order valence-electron chi connectivity index (χ2n) is 18.0. The average Bonchev–Trinajstić information content (AvgIpc) is 3.88. The van der Waals surface area contributed by atoms with Crippen molar-refractivity contribution >= 4 is 92.5 Å². The molecule has 3 unspecified atom stereocenters. The lowest BCUT2D eigenvalue weighted by atomic mass is 10.0. The van der Waals surface area contributed by atoms with Gasteiger partial charge in [-0.3, -0.25) is 57.7 Å². The van der Waals surface area contributed by atoms with E-state index < -0.39 is 139 Å². The molecule has 2 heterocycles. The predicted octanol–water partition coefficient (Wildman–Crippen LogP) is -4.71. The van der Waals surface area contributed by atoms with Gasteiger partial charge in [0.25, 0.3) is 0 Å². The van der Waals surface area contributed by atoms with Gasteiger partial charge in [-0.2, -0.15) is 0 Å². The average molecular weight is 1110 g/mol. The van der Waals surface area contributed by atoms with Crippen LogP contribution in [-0.2, 0) is 65.6 Å². The number of carbonyl (C=O) groups is 11. The Morgan fingerprint density at radius 2 is 1.31 bits per heavy atom. The van der Waals surface area contributed by atoms with Crippen molar-refractivity contribution in [1.29, 1.82) is 0 Å². The van der Waals surface area contributed by atoms with Crippen molar-refractivity contribution in [1.82, 2.24) is 42.1 Å². The number of aliphatic imine (C=N–C) groups is 1. The topological polar surface area (TPSA) is 453 Å². The van der Waals surface area contributed by atoms with Crippen molar-refractivity contribution in [2.24, 2.45) is 39.4 Å². The maximum Gasteiger partial charge on any atom is 0.246 e. The number of nitrogens with zero attached hydrogens (tertiary/aromatic N) is 2. The molecule has 2 aromatic carbocycles. The van der Waals surface area contributed by atoms with Crippen molar-refractivity contribution in [3.8, 4) is 5.75 Å². The highest BCUT2D eigenvalue weighted by molar-refractivity contribution is 8.76. The summed E-state index contributed by atoms with van der Waals surface area (Å²) in [6, 6.07) is 3.96. The van der Waals surface area contributed by atoms with Crippen LogP contribution in [0.4, 0.5) is 0 Å². The molecule has 27 nitrogen and oxygen atoms in total. The molecular formula is C48H69N15O12S2. The van der Waals surface area contributed by atoms with Crippen LogP contribution in [0.25, 0.3) is 0 Å². The van der Waals surface area contributed by atoms with E-state index in [1.807, 2.05) is 6.92 Å². The van der Waals surface area contributed by atoms with E-state index in [1.54, 1.807) is 54.6 Å². The molecule has 77 heavy (non-hydrogen) atoms. The second-order valence-corrected chi connectivity index (χ2v) is 20.6.